The minimum Gasteiger partial charge on any atom is -0.455 e. The van der Waals surface area contributed by atoms with Crippen molar-refractivity contribution in [2.45, 2.75) is 12.8 Å². The number of aromatic nitrogens is 1. The molecule has 0 N–H and O–H groups in total. The van der Waals surface area contributed by atoms with Crippen LogP contribution in [-0.4, -0.2) is 4.98 Å². The van der Waals surface area contributed by atoms with Crippen LogP contribution >= 0.6 is 0 Å². The number of hydrogen-bond donors (Lipinski definition) is 0. The molecule has 1 atom stereocenters. The van der Waals surface area contributed by atoms with Crippen molar-refractivity contribution in [2.24, 2.45) is 0 Å². The third-order valence-corrected chi connectivity index (χ3v) is 6.46. The average molecular weight is 426 g/mol. The minimum absolute atomic E-state index is 0.305. The van der Waals surface area contributed by atoms with Gasteiger partial charge in [-0.2, -0.15) is 0 Å². The summed E-state index contributed by atoms with van der Waals surface area (Å²) in [6.45, 7) is 2.24. The van der Waals surface area contributed by atoms with Crippen molar-refractivity contribution < 1.29 is 4.42 Å². The Morgan fingerprint density at radius 1 is 0.636 bits per heavy atom. The number of hydrogen-bond acceptors (Lipinski definition) is 2. The van der Waals surface area contributed by atoms with E-state index in [9.17, 15) is 0 Å². The first-order chi connectivity index (χ1) is 16.3. The number of rotatable bonds is 4. The maximum absolute atomic E-state index is 6.33. The molecule has 0 radical (unpaired) electrons. The number of furan rings is 1. The van der Waals surface area contributed by atoms with E-state index in [-0.39, 0.29) is 0 Å². The van der Waals surface area contributed by atoms with Crippen LogP contribution in [0.15, 0.2) is 120 Å². The normalized spacial score (nSPS) is 12.3. The Kier molecular flexibility index (Phi) is 4.77. The predicted octanol–water partition coefficient (Wildman–Crippen LogP) is 8.47. The van der Waals surface area contributed by atoms with Gasteiger partial charge >= 0.3 is 0 Å². The lowest BCUT2D eigenvalue weighted by molar-refractivity contribution is 0.670. The first kappa shape index (κ1) is 19.5. The highest BCUT2D eigenvalue weighted by atomic mass is 16.3. The molecule has 0 fully saturated rings. The number of fused-ring (bicyclic) bond motifs is 3. The SMILES string of the molecule is CC(c1ccccc1)c1ccnc(-c2ccc3oc4c(-c5ccccc5)cccc4c3c2)c1. The molecule has 4 aromatic carbocycles. The molecule has 0 saturated heterocycles. The average Bonchev–Trinajstić information content (AvgIpc) is 3.27. The van der Waals surface area contributed by atoms with E-state index in [0.29, 0.717) is 5.92 Å². The minimum atomic E-state index is 0.305. The zero-order chi connectivity index (χ0) is 22.2. The Balaban J connectivity index is 1.45. The third kappa shape index (κ3) is 3.50. The molecule has 0 bridgehead atoms. The predicted molar refractivity (Wildman–Crippen MR) is 136 cm³/mol. The van der Waals surface area contributed by atoms with Crippen molar-refractivity contribution in [2.75, 3.05) is 0 Å². The lowest BCUT2D eigenvalue weighted by Gasteiger charge is -2.13. The van der Waals surface area contributed by atoms with Crippen LogP contribution in [-0.2, 0) is 0 Å². The van der Waals surface area contributed by atoms with Crippen molar-refractivity contribution in [3.63, 3.8) is 0 Å². The molecule has 2 nitrogen and oxygen atoms in total. The quantitative estimate of drug-likeness (QED) is 0.283. The molecule has 0 aliphatic heterocycles. The molecule has 6 rings (SSSR count). The monoisotopic (exact) mass is 425 g/mol. The van der Waals surface area contributed by atoms with Crippen LogP contribution in [0.5, 0.6) is 0 Å². The van der Waals surface area contributed by atoms with Gasteiger partial charge < -0.3 is 4.42 Å². The Hall–Kier alpha value is -4.17. The molecule has 0 aliphatic carbocycles. The van der Waals surface area contributed by atoms with Crippen molar-refractivity contribution >= 4 is 21.9 Å². The highest BCUT2D eigenvalue weighted by molar-refractivity contribution is 6.10. The summed E-state index contributed by atoms with van der Waals surface area (Å²) >= 11 is 0. The van der Waals surface area contributed by atoms with Crippen molar-refractivity contribution in [1.29, 1.82) is 0 Å². The number of para-hydroxylation sites is 1. The summed E-state index contributed by atoms with van der Waals surface area (Å²) in [5, 5.41) is 2.24. The second-order valence-electron chi connectivity index (χ2n) is 8.47. The molecular weight excluding hydrogens is 402 g/mol. The molecule has 2 aromatic heterocycles. The van der Waals surface area contributed by atoms with Crippen LogP contribution in [0.3, 0.4) is 0 Å². The van der Waals surface area contributed by atoms with Crippen molar-refractivity contribution in [1.82, 2.24) is 4.98 Å². The Bertz CT molecular complexity index is 1570. The molecule has 0 saturated carbocycles. The molecule has 1 unspecified atom stereocenters. The summed E-state index contributed by atoms with van der Waals surface area (Å²) in [7, 11) is 0. The summed E-state index contributed by atoms with van der Waals surface area (Å²) in [5.74, 6) is 0.305. The van der Waals surface area contributed by atoms with Gasteiger partial charge in [-0.05, 0) is 47.0 Å². The largest absolute Gasteiger partial charge is 0.455 e. The summed E-state index contributed by atoms with van der Waals surface area (Å²) in [4.78, 5) is 4.69. The fraction of sp³-hybridized carbons (Fsp3) is 0.0645. The zero-order valence-corrected chi connectivity index (χ0v) is 18.4. The molecule has 2 heteroatoms. The van der Waals surface area contributed by atoms with Crippen LogP contribution in [0, 0.1) is 0 Å². The van der Waals surface area contributed by atoms with Crippen LogP contribution in [0.1, 0.15) is 24.0 Å². The molecule has 158 valence electrons. The van der Waals surface area contributed by atoms with Gasteiger partial charge in [-0.1, -0.05) is 85.8 Å². The van der Waals surface area contributed by atoms with E-state index < -0.39 is 0 Å². The number of benzene rings is 4. The van der Waals surface area contributed by atoms with Gasteiger partial charge in [0, 0.05) is 34.0 Å². The van der Waals surface area contributed by atoms with Gasteiger partial charge in [-0.25, -0.2) is 0 Å². The van der Waals surface area contributed by atoms with Crippen LogP contribution in [0.25, 0.3) is 44.3 Å². The number of nitrogens with zero attached hydrogens (tertiary/aromatic N) is 1. The second-order valence-corrected chi connectivity index (χ2v) is 8.47. The number of pyridine rings is 1. The smallest absolute Gasteiger partial charge is 0.143 e. The van der Waals surface area contributed by atoms with Gasteiger partial charge in [0.2, 0.25) is 0 Å². The zero-order valence-electron chi connectivity index (χ0n) is 18.4. The maximum atomic E-state index is 6.33. The van der Waals surface area contributed by atoms with E-state index in [1.165, 1.54) is 11.1 Å². The van der Waals surface area contributed by atoms with Gasteiger partial charge in [0.15, 0.2) is 0 Å². The molecule has 0 spiro atoms. The van der Waals surface area contributed by atoms with E-state index in [1.54, 1.807) is 0 Å². The lowest BCUT2D eigenvalue weighted by Crippen LogP contribution is -1.97. The van der Waals surface area contributed by atoms with Gasteiger partial charge in [0.1, 0.15) is 11.2 Å². The van der Waals surface area contributed by atoms with Crippen LogP contribution in [0.2, 0.25) is 0 Å². The summed E-state index contributed by atoms with van der Waals surface area (Å²) in [5.41, 5.74) is 8.73. The molecule has 6 aromatic rings. The Labute approximate surface area is 193 Å². The van der Waals surface area contributed by atoms with Gasteiger partial charge in [-0.15, -0.1) is 0 Å². The Morgan fingerprint density at radius 2 is 1.42 bits per heavy atom. The summed E-state index contributed by atoms with van der Waals surface area (Å²) < 4.78 is 6.33. The van der Waals surface area contributed by atoms with Gasteiger partial charge in [0.25, 0.3) is 0 Å². The van der Waals surface area contributed by atoms with Crippen molar-refractivity contribution in [3.8, 4) is 22.4 Å². The van der Waals surface area contributed by atoms with Crippen LogP contribution in [0.4, 0.5) is 0 Å². The standard InChI is InChI=1S/C31H23NO/c1-21(22-9-4-2-5-10-22)24-17-18-32-29(20-24)25-15-16-30-28(19-25)27-14-8-13-26(31(27)33-30)23-11-6-3-7-12-23/h2-21H,1H3. The summed E-state index contributed by atoms with van der Waals surface area (Å²) in [6, 6.07) is 38.0. The van der Waals surface area contributed by atoms with Gasteiger partial charge in [0.05, 0.1) is 5.69 Å². The summed E-state index contributed by atoms with van der Waals surface area (Å²) in [6.07, 6.45) is 1.91. The van der Waals surface area contributed by atoms with Crippen LogP contribution < -0.4 is 0 Å². The van der Waals surface area contributed by atoms with E-state index in [4.69, 9.17) is 9.40 Å². The van der Waals surface area contributed by atoms with E-state index in [0.717, 1.165) is 44.3 Å². The van der Waals surface area contributed by atoms with E-state index in [2.05, 4.69) is 110 Å². The first-order valence-electron chi connectivity index (χ1n) is 11.3. The maximum Gasteiger partial charge on any atom is 0.143 e. The Morgan fingerprint density at radius 3 is 2.24 bits per heavy atom. The highest BCUT2D eigenvalue weighted by Crippen LogP contribution is 2.37. The topological polar surface area (TPSA) is 26.0 Å². The molecular formula is C31H23NO. The highest BCUT2D eigenvalue weighted by Gasteiger charge is 2.14. The molecule has 2 heterocycles. The second kappa shape index (κ2) is 8.07. The van der Waals surface area contributed by atoms with E-state index >= 15 is 0 Å². The molecule has 33 heavy (non-hydrogen) atoms. The third-order valence-electron chi connectivity index (χ3n) is 6.46. The van der Waals surface area contributed by atoms with Gasteiger partial charge in [-0.3, -0.25) is 4.98 Å². The van der Waals surface area contributed by atoms with E-state index in [1.807, 2.05) is 12.3 Å². The fourth-order valence-electron chi connectivity index (χ4n) is 4.61. The molecule has 0 amide bonds. The van der Waals surface area contributed by atoms with Crippen molar-refractivity contribution in [3.05, 3.63) is 127 Å². The first-order valence-corrected chi connectivity index (χ1v) is 11.3. The molecule has 0 aliphatic rings. The fourth-order valence-corrected chi connectivity index (χ4v) is 4.61. The lowest BCUT2D eigenvalue weighted by atomic mass is 9.92.